The molecule has 0 unspecified atom stereocenters. The minimum Gasteiger partial charge on any atom is -0.481 e. The van der Waals surface area contributed by atoms with Crippen molar-refractivity contribution >= 4 is 5.97 Å². The molecule has 1 heterocycles. The second kappa shape index (κ2) is 6.71. The van der Waals surface area contributed by atoms with Crippen LogP contribution >= 0.6 is 0 Å². The number of carboxylic acids is 1. The number of rotatable bonds is 5. The number of benzene rings is 1. The molecule has 1 aromatic rings. The van der Waals surface area contributed by atoms with Crippen LogP contribution in [0.1, 0.15) is 37.7 Å². The molecule has 1 aliphatic rings. The molecule has 3 nitrogen and oxygen atoms in total. The molecule has 0 saturated carbocycles. The molecule has 0 amide bonds. The third-order valence-electron chi connectivity index (χ3n) is 4.21. The van der Waals surface area contributed by atoms with Crippen LogP contribution in [0, 0.1) is 5.92 Å². The third-order valence-corrected chi connectivity index (χ3v) is 4.21. The van der Waals surface area contributed by atoms with E-state index in [4.69, 9.17) is 5.11 Å². The van der Waals surface area contributed by atoms with Gasteiger partial charge in [0.25, 0.3) is 0 Å². The first-order valence-corrected chi connectivity index (χ1v) is 7.19. The summed E-state index contributed by atoms with van der Waals surface area (Å²) in [5, 5.41) is 8.77. The van der Waals surface area contributed by atoms with Crippen LogP contribution in [0.2, 0.25) is 0 Å². The summed E-state index contributed by atoms with van der Waals surface area (Å²) in [4.78, 5) is 13.0. The predicted octanol–water partition coefficient (Wildman–Crippen LogP) is 2.98. The third kappa shape index (κ3) is 3.80. The first-order valence-electron chi connectivity index (χ1n) is 7.19. The Bertz CT molecular complexity index is 404. The van der Waals surface area contributed by atoms with E-state index in [9.17, 15) is 4.79 Å². The Morgan fingerprint density at radius 2 is 2.11 bits per heavy atom. The van der Waals surface area contributed by atoms with Crippen LogP contribution in [-0.4, -0.2) is 35.6 Å². The van der Waals surface area contributed by atoms with Gasteiger partial charge in [-0.1, -0.05) is 43.7 Å². The van der Waals surface area contributed by atoms with E-state index in [1.807, 2.05) is 0 Å². The monoisotopic (exact) mass is 261 g/mol. The Balaban J connectivity index is 1.97. The number of likely N-dealkylation sites (tertiary alicyclic amines) is 1. The molecule has 1 aliphatic heterocycles. The van der Waals surface area contributed by atoms with Gasteiger partial charge in [-0.25, -0.2) is 0 Å². The summed E-state index contributed by atoms with van der Waals surface area (Å²) in [6.45, 7) is 4.97. The van der Waals surface area contributed by atoms with Crippen LogP contribution in [0.3, 0.4) is 0 Å². The maximum Gasteiger partial charge on any atom is 0.304 e. The van der Waals surface area contributed by atoms with Crippen molar-refractivity contribution in [2.45, 2.75) is 32.1 Å². The fraction of sp³-hybridized carbons (Fsp3) is 0.562. The standard InChI is InChI=1S/C16H23NO2/c1-2-13-12-17(11-9-16(18)19)10-8-15(13)14-6-4-3-5-7-14/h3-7,13,15H,2,8-12H2,1H3,(H,18,19)/t13-,15-/m1/s1. The van der Waals surface area contributed by atoms with Crippen LogP contribution in [0.25, 0.3) is 0 Å². The van der Waals surface area contributed by atoms with Crippen molar-refractivity contribution in [1.29, 1.82) is 0 Å². The highest BCUT2D eigenvalue weighted by Gasteiger charge is 2.28. The van der Waals surface area contributed by atoms with Gasteiger partial charge in [0, 0.05) is 13.1 Å². The van der Waals surface area contributed by atoms with E-state index >= 15 is 0 Å². The molecule has 3 heteroatoms. The summed E-state index contributed by atoms with van der Waals surface area (Å²) in [6, 6.07) is 10.7. The van der Waals surface area contributed by atoms with E-state index < -0.39 is 5.97 Å². The molecule has 0 aliphatic carbocycles. The summed E-state index contributed by atoms with van der Waals surface area (Å²) in [5.74, 6) is 0.579. The van der Waals surface area contributed by atoms with Crippen LogP contribution in [-0.2, 0) is 4.79 Å². The van der Waals surface area contributed by atoms with Crippen molar-refractivity contribution in [2.24, 2.45) is 5.92 Å². The van der Waals surface area contributed by atoms with Crippen molar-refractivity contribution < 1.29 is 9.90 Å². The van der Waals surface area contributed by atoms with E-state index in [0.29, 0.717) is 18.4 Å². The first-order chi connectivity index (χ1) is 9.20. The highest BCUT2D eigenvalue weighted by Crippen LogP contribution is 2.34. The van der Waals surface area contributed by atoms with Gasteiger partial charge in [0.1, 0.15) is 0 Å². The quantitative estimate of drug-likeness (QED) is 0.886. The zero-order chi connectivity index (χ0) is 13.7. The molecule has 1 saturated heterocycles. The SMILES string of the molecule is CC[C@@H]1CN(CCC(=O)O)CC[C@H]1c1ccccc1. The van der Waals surface area contributed by atoms with Gasteiger partial charge in [-0.15, -0.1) is 0 Å². The Hall–Kier alpha value is -1.35. The van der Waals surface area contributed by atoms with Crippen molar-refractivity contribution in [3.05, 3.63) is 35.9 Å². The van der Waals surface area contributed by atoms with Crippen LogP contribution in [0.5, 0.6) is 0 Å². The van der Waals surface area contributed by atoms with E-state index in [1.165, 1.54) is 5.56 Å². The lowest BCUT2D eigenvalue weighted by Crippen LogP contribution is -2.40. The molecule has 0 bridgehead atoms. The summed E-state index contributed by atoms with van der Waals surface area (Å²) in [5.41, 5.74) is 1.44. The number of aliphatic carboxylic acids is 1. The van der Waals surface area contributed by atoms with E-state index in [1.54, 1.807) is 0 Å². The van der Waals surface area contributed by atoms with Crippen molar-refractivity contribution in [2.75, 3.05) is 19.6 Å². The van der Waals surface area contributed by atoms with Crippen molar-refractivity contribution in [3.8, 4) is 0 Å². The molecule has 1 aromatic carbocycles. The summed E-state index contributed by atoms with van der Waals surface area (Å²) in [6.07, 6.45) is 2.55. The van der Waals surface area contributed by atoms with Crippen molar-refractivity contribution in [1.82, 2.24) is 4.90 Å². The van der Waals surface area contributed by atoms with Gasteiger partial charge in [0.2, 0.25) is 0 Å². The second-order valence-electron chi connectivity index (χ2n) is 5.42. The molecule has 1 N–H and O–H groups in total. The number of hydrogen-bond donors (Lipinski definition) is 1. The predicted molar refractivity (Wildman–Crippen MR) is 76.3 cm³/mol. The lowest BCUT2D eigenvalue weighted by molar-refractivity contribution is -0.137. The molecule has 0 aromatic heterocycles. The van der Waals surface area contributed by atoms with Gasteiger partial charge in [-0.2, -0.15) is 0 Å². The maximum absolute atomic E-state index is 10.7. The molecular formula is C16H23NO2. The first kappa shape index (κ1) is 14.1. The zero-order valence-corrected chi connectivity index (χ0v) is 11.6. The summed E-state index contributed by atoms with van der Waals surface area (Å²) < 4.78 is 0. The van der Waals surface area contributed by atoms with Gasteiger partial charge < -0.3 is 10.0 Å². The molecule has 1 fully saturated rings. The molecule has 2 atom stereocenters. The summed E-state index contributed by atoms with van der Waals surface area (Å²) in [7, 11) is 0. The Morgan fingerprint density at radius 1 is 1.37 bits per heavy atom. The number of hydrogen-bond acceptors (Lipinski definition) is 2. The van der Waals surface area contributed by atoms with Crippen molar-refractivity contribution in [3.63, 3.8) is 0 Å². The highest BCUT2D eigenvalue weighted by atomic mass is 16.4. The van der Waals surface area contributed by atoms with E-state index in [2.05, 4.69) is 42.2 Å². The fourth-order valence-corrected chi connectivity index (χ4v) is 3.12. The number of carboxylic acid groups (broad SMARTS) is 1. The van der Waals surface area contributed by atoms with Gasteiger partial charge in [0.15, 0.2) is 0 Å². The Morgan fingerprint density at radius 3 is 2.74 bits per heavy atom. The normalized spacial score (nSPS) is 24.3. The average Bonchev–Trinajstić information content (AvgIpc) is 2.45. The van der Waals surface area contributed by atoms with E-state index in [-0.39, 0.29) is 6.42 Å². The second-order valence-corrected chi connectivity index (χ2v) is 5.42. The maximum atomic E-state index is 10.7. The lowest BCUT2D eigenvalue weighted by Gasteiger charge is -2.38. The van der Waals surface area contributed by atoms with Gasteiger partial charge in [-0.3, -0.25) is 4.79 Å². The molecule has 0 spiro atoms. The van der Waals surface area contributed by atoms with Gasteiger partial charge >= 0.3 is 5.97 Å². The summed E-state index contributed by atoms with van der Waals surface area (Å²) >= 11 is 0. The number of piperidine rings is 1. The largest absolute Gasteiger partial charge is 0.481 e. The van der Waals surface area contributed by atoms with E-state index in [0.717, 1.165) is 25.9 Å². The Labute approximate surface area is 115 Å². The minimum atomic E-state index is -0.696. The van der Waals surface area contributed by atoms with Crippen LogP contribution in [0.4, 0.5) is 0 Å². The Kier molecular flexibility index (Phi) is 4.97. The fourth-order valence-electron chi connectivity index (χ4n) is 3.12. The lowest BCUT2D eigenvalue weighted by atomic mass is 9.79. The smallest absolute Gasteiger partial charge is 0.304 e. The van der Waals surface area contributed by atoms with Gasteiger partial charge in [-0.05, 0) is 30.4 Å². The number of nitrogens with zero attached hydrogens (tertiary/aromatic N) is 1. The minimum absolute atomic E-state index is 0.256. The molecule has 19 heavy (non-hydrogen) atoms. The van der Waals surface area contributed by atoms with Gasteiger partial charge in [0.05, 0.1) is 6.42 Å². The molecule has 104 valence electrons. The van der Waals surface area contributed by atoms with Crippen LogP contribution in [0.15, 0.2) is 30.3 Å². The topological polar surface area (TPSA) is 40.5 Å². The highest BCUT2D eigenvalue weighted by molar-refractivity contribution is 5.66. The molecule has 0 radical (unpaired) electrons. The average molecular weight is 261 g/mol. The molecular weight excluding hydrogens is 238 g/mol. The number of carbonyl (C=O) groups is 1. The van der Waals surface area contributed by atoms with Crippen LogP contribution < -0.4 is 0 Å². The molecule has 2 rings (SSSR count). The zero-order valence-electron chi connectivity index (χ0n) is 11.6.